The molecule has 3 aliphatic heterocycles. The van der Waals surface area contributed by atoms with Crippen molar-refractivity contribution in [2.24, 2.45) is 18.9 Å². The summed E-state index contributed by atoms with van der Waals surface area (Å²) in [7, 11) is 1.95. The van der Waals surface area contributed by atoms with Crippen LogP contribution in [0.4, 0.5) is 0 Å². The number of imide groups is 1. The summed E-state index contributed by atoms with van der Waals surface area (Å²) in [5.41, 5.74) is 3.25. The van der Waals surface area contributed by atoms with Gasteiger partial charge in [-0.25, -0.2) is 0 Å². The first-order chi connectivity index (χ1) is 15.5. The Kier molecular flexibility index (Phi) is 6.03. The van der Waals surface area contributed by atoms with E-state index in [0.29, 0.717) is 18.8 Å². The van der Waals surface area contributed by atoms with Crippen LogP contribution in [-0.4, -0.2) is 59.2 Å². The van der Waals surface area contributed by atoms with Gasteiger partial charge in [0.25, 0.3) is 0 Å². The van der Waals surface area contributed by atoms with E-state index in [9.17, 15) is 9.59 Å². The van der Waals surface area contributed by atoms with E-state index in [1.165, 1.54) is 44.5 Å². The Labute approximate surface area is 189 Å². The van der Waals surface area contributed by atoms with Gasteiger partial charge in [0.2, 0.25) is 11.8 Å². The number of piperidine rings is 3. The molecule has 3 atom stereocenters. The number of fused-ring (bicyclic) bond motifs is 1. The van der Waals surface area contributed by atoms with Crippen molar-refractivity contribution in [3.05, 3.63) is 29.5 Å². The molecule has 5 rings (SSSR count). The molecule has 0 saturated carbocycles. The van der Waals surface area contributed by atoms with Crippen LogP contribution >= 0.6 is 0 Å². The van der Waals surface area contributed by atoms with E-state index in [2.05, 4.69) is 40.7 Å². The van der Waals surface area contributed by atoms with Crippen LogP contribution in [0.1, 0.15) is 62.1 Å². The van der Waals surface area contributed by atoms with Crippen molar-refractivity contribution in [3.8, 4) is 0 Å². The molecule has 0 spiro atoms. The Bertz CT molecular complexity index is 1010. The first-order valence-corrected chi connectivity index (χ1v) is 12.2. The van der Waals surface area contributed by atoms with Crippen molar-refractivity contribution in [2.45, 2.75) is 50.9 Å². The van der Waals surface area contributed by atoms with Crippen LogP contribution in [0.2, 0.25) is 0 Å². The lowest BCUT2D eigenvalue weighted by molar-refractivity contribution is -0.134. The summed E-state index contributed by atoms with van der Waals surface area (Å²) in [6, 6.07) is 6.64. The van der Waals surface area contributed by atoms with E-state index in [1.54, 1.807) is 0 Å². The third-order valence-corrected chi connectivity index (χ3v) is 7.99. The van der Waals surface area contributed by atoms with E-state index in [4.69, 9.17) is 5.10 Å². The summed E-state index contributed by atoms with van der Waals surface area (Å²) >= 11 is 0. The van der Waals surface area contributed by atoms with Crippen LogP contribution in [-0.2, 0) is 16.6 Å². The first-order valence-electron chi connectivity index (χ1n) is 12.2. The zero-order valence-corrected chi connectivity index (χ0v) is 19.3. The third-order valence-electron chi connectivity index (χ3n) is 7.99. The van der Waals surface area contributed by atoms with Gasteiger partial charge in [0, 0.05) is 25.4 Å². The number of hydrogen-bond donors (Lipinski definition) is 2. The first kappa shape index (κ1) is 21.6. The molecule has 2 N–H and O–H groups in total. The van der Waals surface area contributed by atoms with Gasteiger partial charge in [0.15, 0.2) is 0 Å². The van der Waals surface area contributed by atoms with Crippen LogP contribution in [0.15, 0.2) is 18.2 Å². The lowest BCUT2D eigenvalue weighted by atomic mass is 9.85. The topological polar surface area (TPSA) is 79.3 Å². The summed E-state index contributed by atoms with van der Waals surface area (Å²) < 4.78 is 1.89. The van der Waals surface area contributed by atoms with E-state index in [-0.39, 0.29) is 17.7 Å². The maximum Gasteiger partial charge on any atom is 0.235 e. The molecule has 32 heavy (non-hydrogen) atoms. The van der Waals surface area contributed by atoms with Crippen LogP contribution in [0.5, 0.6) is 0 Å². The third kappa shape index (κ3) is 4.20. The van der Waals surface area contributed by atoms with Crippen molar-refractivity contribution in [2.75, 3.05) is 32.7 Å². The minimum atomic E-state index is -0.345. The quantitative estimate of drug-likeness (QED) is 0.719. The zero-order chi connectivity index (χ0) is 22.2. The fraction of sp³-hybridized carbons (Fsp3) is 0.640. The van der Waals surface area contributed by atoms with E-state index in [1.807, 2.05) is 11.7 Å². The summed E-state index contributed by atoms with van der Waals surface area (Å²) in [5.74, 6) is 1.42. The predicted octanol–water partition coefficient (Wildman–Crippen LogP) is 2.52. The molecule has 3 fully saturated rings. The molecule has 172 valence electrons. The second-order valence-electron chi connectivity index (χ2n) is 10.1. The van der Waals surface area contributed by atoms with Crippen molar-refractivity contribution >= 4 is 22.7 Å². The number of aromatic nitrogens is 2. The number of carbonyl (C=O) groups is 2. The van der Waals surface area contributed by atoms with E-state index in [0.717, 1.165) is 41.5 Å². The van der Waals surface area contributed by atoms with E-state index < -0.39 is 0 Å². The van der Waals surface area contributed by atoms with E-state index >= 15 is 0 Å². The number of hydrogen-bond acceptors (Lipinski definition) is 5. The lowest BCUT2D eigenvalue weighted by Crippen LogP contribution is -2.43. The molecular weight excluding hydrogens is 402 g/mol. The van der Waals surface area contributed by atoms with Gasteiger partial charge in [-0.05, 0) is 81.2 Å². The van der Waals surface area contributed by atoms with Crippen LogP contribution in [0.3, 0.4) is 0 Å². The molecule has 2 aromatic rings. The monoisotopic (exact) mass is 437 g/mol. The van der Waals surface area contributed by atoms with Gasteiger partial charge >= 0.3 is 0 Å². The highest BCUT2D eigenvalue weighted by Gasteiger charge is 2.32. The van der Waals surface area contributed by atoms with Crippen molar-refractivity contribution in [1.82, 2.24) is 25.3 Å². The number of carbonyl (C=O) groups excluding carboxylic acids is 2. The highest BCUT2D eigenvalue weighted by atomic mass is 16.2. The number of aryl methyl sites for hydroxylation is 1. The smallest absolute Gasteiger partial charge is 0.235 e. The Balaban J connectivity index is 1.27. The largest absolute Gasteiger partial charge is 0.316 e. The summed E-state index contributed by atoms with van der Waals surface area (Å²) in [6.07, 6.45) is 4.60. The molecule has 2 amide bonds. The van der Waals surface area contributed by atoms with Gasteiger partial charge in [0.05, 0.1) is 17.1 Å². The number of amides is 2. The second-order valence-corrected chi connectivity index (χ2v) is 10.1. The molecule has 0 radical (unpaired) electrons. The molecule has 7 nitrogen and oxygen atoms in total. The Morgan fingerprint density at radius 2 is 1.94 bits per heavy atom. The Morgan fingerprint density at radius 3 is 2.69 bits per heavy atom. The average molecular weight is 438 g/mol. The standard InChI is InChI=1S/C25H35N5O2/c1-16-14-26-10-7-19(16)15-30-11-8-17(9-12-30)18-3-4-20-22(13-18)29(2)28-24(20)21-5-6-23(31)27-25(21)32/h3-4,13,16-17,19,21,26H,5-12,14-15H2,1-2H3,(H,27,31,32)/t16-,19-,21?/m0/s1. The average Bonchev–Trinajstić information content (AvgIpc) is 3.11. The molecule has 1 unspecified atom stereocenters. The van der Waals surface area contributed by atoms with Crippen molar-refractivity contribution in [1.29, 1.82) is 0 Å². The van der Waals surface area contributed by atoms with Gasteiger partial charge in [-0.15, -0.1) is 0 Å². The summed E-state index contributed by atoms with van der Waals surface area (Å²) in [4.78, 5) is 26.6. The second kappa shape index (κ2) is 8.94. The molecular formula is C25H35N5O2. The molecule has 1 aromatic carbocycles. The van der Waals surface area contributed by atoms with Gasteiger partial charge in [0.1, 0.15) is 0 Å². The Morgan fingerprint density at radius 1 is 1.12 bits per heavy atom. The van der Waals surface area contributed by atoms with Crippen LogP contribution < -0.4 is 10.6 Å². The number of likely N-dealkylation sites (tertiary alicyclic amines) is 1. The van der Waals surface area contributed by atoms with Crippen LogP contribution in [0.25, 0.3) is 10.9 Å². The minimum absolute atomic E-state index is 0.185. The molecule has 0 aliphatic carbocycles. The van der Waals surface area contributed by atoms with Crippen molar-refractivity contribution in [3.63, 3.8) is 0 Å². The molecule has 3 aliphatic rings. The van der Waals surface area contributed by atoms with Gasteiger partial charge < -0.3 is 10.2 Å². The highest BCUT2D eigenvalue weighted by Crippen LogP contribution is 2.35. The minimum Gasteiger partial charge on any atom is -0.316 e. The lowest BCUT2D eigenvalue weighted by Gasteiger charge is -2.38. The van der Waals surface area contributed by atoms with Gasteiger partial charge in [-0.1, -0.05) is 19.1 Å². The number of rotatable bonds is 4. The number of nitrogens with one attached hydrogen (secondary N) is 2. The molecule has 3 saturated heterocycles. The van der Waals surface area contributed by atoms with Gasteiger partial charge in [-0.3, -0.25) is 19.6 Å². The SMILES string of the molecule is C[C@H]1CNCC[C@H]1CN1CCC(c2ccc3c(C4CCC(=O)NC4=O)nn(C)c3c2)CC1. The highest BCUT2D eigenvalue weighted by molar-refractivity contribution is 6.02. The van der Waals surface area contributed by atoms with Gasteiger partial charge in [-0.2, -0.15) is 5.10 Å². The number of nitrogens with zero attached hydrogens (tertiary/aromatic N) is 3. The van der Waals surface area contributed by atoms with Crippen molar-refractivity contribution < 1.29 is 9.59 Å². The molecule has 0 bridgehead atoms. The maximum absolute atomic E-state index is 12.4. The molecule has 7 heteroatoms. The Hall–Kier alpha value is -2.25. The predicted molar refractivity (Wildman–Crippen MR) is 124 cm³/mol. The summed E-state index contributed by atoms with van der Waals surface area (Å²) in [6.45, 7) is 8.30. The molecule has 1 aromatic heterocycles. The fourth-order valence-electron chi connectivity index (χ4n) is 5.89. The molecule has 4 heterocycles. The fourth-order valence-corrected chi connectivity index (χ4v) is 5.89. The summed E-state index contributed by atoms with van der Waals surface area (Å²) in [5, 5.41) is 11.7. The zero-order valence-electron chi connectivity index (χ0n) is 19.3. The normalized spacial score (nSPS) is 28.2. The van der Waals surface area contributed by atoms with Crippen LogP contribution in [0, 0.1) is 11.8 Å². The number of benzene rings is 1. The maximum atomic E-state index is 12.4.